The molecule has 3 heterocycles. The first-order valence-electron chi connectivity index (χ1n) is 9.77. The SMILES string of the molecule is CC(C)(N)C(=O)NCc1cnc(-c2ccc(NCC(C)(C)c3ncccc3Cl)nn2)s1. The van der Waals surface area contributed by atoms with Crippen molar-refractivity contribution in [3.63, 3.8) is 0 Å². The lowest BCUT2D eigenvalue weighted by molar-refractivity contribution is -0.125. The number of hydrogen-bond acceptors (Lipinski definition) is 8. The zero-order chi connectivity index (χ0) is 22.6. The third-order valence-electron chi connectivity index (χ3n) is 4.56. The van der Waals surface area contributed by atoms with Gasteiger partial charge >= 0.3 is 0 Å². The van der Waals surface area contributed by atoms with Crippen LogP contribution in [0.15, 0.2) is 36.7 Å². The second kappa shape index (κ2) is 9.25. The van der Waals surface area contributed by atoms with Crippen LogP contribution in [0.4, 0.5) is 5.82 Å². The van der Waals surface area contributed by atoms with Gasteiger partial charge in [-0.05, 0) is 38.1 Å². The number of nitrogens with zero attached hydrogens (tertiary/aromatic N) is 4. The summed E-state index contributed by atoms with van der Waals surface area (Å²) in [5.41, 5.74) is 6.08. The average molecular weight is 460 g/mol. The summed E-state index contributed by atoms with van der Waals surface area (Å²) in [5, 5.41) is 16.0. The van der Waals surface area contributed by atoms with Crippen LogP contribution in [0.25, 0.3) is 10.7 Å². The molecule has 3 aromatic rings. The molecule has 0 aromatic carbocycles. The molecule has 0 spiro atoms. The van der Waals surface area contributed by atoms with Crippen LogP contribution in [0, 0.1) is 0 Å². The van der Waals surface area contributed by atoms with Gasteiger partial charge in [-0.25, -0.2) is 4.98 Å². The van der Waals surface area contributed by atoms with Crippen LogP contribution in [0.3, 0.4) is 0 Å². The molecule has 164 valence electrons. The molecule has 10 heteroatoms. The second-order valence-corrected chi connectivity index (χ2v) is 9.93. The van der Waals surface area contributed by atoms with Gasteiger partial charge in [-0.15, -0.1) is 21.5 Å². The highest BCUT2D eigenvalue weighted by Gasteiger charge is 2.25. The lowest BCUT2D eigenvalue weighted by Crippen LogP contribution is -2.48. The summed E-state index contributed by atoms with van der Waals surface area (Å²) in [6.07, 6.45) is 3.46. The standard InChI is InChI=1S/C21H26ClN7OS/c1-20(2,17-14(22)6-5-9-24-17)12-27-16-8-7-15(28-29-16)18-25-10-13(31-18)11-26-19(30)21(3,4)23/h5-10H,11-12,23H2,1-4H3,(H,26,30)(H,27,29). The van der Waals surface area contributed by atoms with E-state index in [2.05, 4.69) is 44.6 Å². The lowest BCUT2D eigenvalue weighted by Gasteiger charge is -2.25. The van der Waals surface area contributed by atoms with Gasteiger partial charge < -0.3 is 16.4 Å². The fourth-order valence-corrected chi connectivity index (χ4v) is 3.92. The van der Waals surface area contributed by atoms with Gasteiger partial charge in [0.05, 0.1) is 22.8 Å². The highest BCUT2D eigenvalue weighted by molar-refractivity contribution is 7.15. The highest BCUT2D eigenvalue weighted by Crippen LogP contribution is 2.28. The highest BCUT2D eigenvalue weighted by atomic mass is 35.5. The molecule has 3 rings (SSSR count). The molecule has 0 saturated heterocycles. The Labute approximate surface area is 190 Å². The fourth-order valence-electron chi connectivity index (χ4n) is 2.72. The number of nitrogens with one attached hydrogen (secondary N) is 2. The Bertz CT molecular complexity index is 1040. The second-order valence-electron chi connectivity index (χ2n) is 8.41. The van der Waals surface area contributed by atoms with Gasteiger partial charge in [-0.2, -0.15) is 0 Å². The van der Waals surface area contributed by atoms with Gasteiger partial charge in [-0.1, -0.05) is 25.4 Å². The topological polar surface area (TPSA) is 119 Å². The van der Waals surface area contributed by atoms with Crippen molar-refractivity contribution >= 4 is 34.7 Å². The summed E-state index contributed by atoms with van der Waals surface area (Å²) < 4.78 is 0. The van der Waals surface area contributed by atoms with E-state index < -0.39 is 5.54 Å². The number of carbonyl (C=O) groups is 1. The van der Waals surface area contributed by atoms with Gasteiger partial charge in [0.2, 0.25) is 5.91 Å². The van der Waals surface area contributed by atoms with E-state index in [1.807, 2.05) is 24.3 Å². The first-order chi connectivity index (χ1) is 14.6. The van der Waals surface area contributed by atoms with E-state index in [-0.39, 0.29) is 11.3 Å². The van der Waals surface area contributed by atoms with Crippen LogP contribution in [-0.4, -0.2) is 38.2 Å². The maximum Gasteiger partial charge on any atom is 0.239 e. The molecule has 0 radical (unpaired) electrons. The third kappa shape index (κ3) is 5.96. The molecule has 4 N–H and O–H groups in total. The monoisotopic (exact) mass is 459 g/mol. The Hall–Kier alpha value is -2.62. The number of rotatable bonds is 8. The minimum Gasteiger partial charge on any atom is -0.368 e. The van der Waals surface area contributed by atoms with Crippen LogP contribution >= 0.6 is 22.9 Å². The number of amides is 1. The molecule has 0 atom stereocenters. The van der Waals surface area contributed by atoms with Crippen molar-refractivity contribution in [2.45, 2.75) is 45.2 Å². The molecule has 3 aromatic heterocycles. The third-order valence-corrected chi connectivity index (χ3v) is 5.88. The Morgan fingerprint density at radius 3 is 2.58 bits per heavy atom. The summed E-state index contributed by atoms with van der Waals surface area (Å²) in [6.45, 7) is 8.43. The van der Waals surface area contributed by atoms with Crippen LogP contribution in [0.5, 0.6) is 0 Å². The largest absolute Gasteiger partial charge is 0.368 e. The summed E-state index contributed by atoms with van der Waals surface area (Å²) in [4.78, 5) is 21.6. The number of thiazole rings is 1. The molecule has 0 aliphatic carbocycles. The van der Waals surface area contributed by atoms with Gasteiger partial charge in [0.1, 0.15) is 16.5 Å². The van der Waals surface area contributed by atoms with Gasteiger partial charge in [0.15, 0.2) is 0 Å². The van der Waals surface area contributed by atoms with Crippen molar-refractivity contribution in [1.82, 2.24) is 25.5 Å². The molecule has 0 unspecified atom stereocenters. The minimum atomic E-state index is -0.918. The van der Waals surface area contributed by atoms with E-state index in [1.165, 1.54) is 11.3 Å². The smallest absolute Gasteiger partial charge is 0.239 e. The number of hydrogen-bond donors (Lipinski definition) is 3. The van der Waals surface area contributed by atoms with Crippen LogP contribution in [0.2, 0.25) is 5.02 Å². The van der Waals surface area contributed by atoms with Gasteiger partial charge in [0, 0.05) is 29.2 Å². The molecule has 0 aliphatic rings. The summed E-state index contributed by atoms with van der Waals surface area (Å²) in [7, 11) is 0. The van der Waals surface area contributed by atoms with Crippen molar-refractivity contribution in [2.24, 2.45) is 5.73 Å². The first kappa shape index (κ1) is 23.1. The number of nitrogens with two attached hydrogens (primary N) is 1. The van der Waals surface area contributed by atoms with Crippen molar-refractivity contribution in [1.29, 1.82) is 0 Å². The van der Waals surface area contributed by atoms with Crippen molar-refractivity contribution in [3.05, 3.63) is 52.3 Å². The quantitative estimate of drug-likeness (QED) is 0.472. The number of aromatic nitrogens is 4. The lowest BCUT2D eigenvalue weighted by atomic mass is 9.88. The summed E-state index contributed by atoms with van der Waals surface area (Å²) in [5.74, 6) is 0.436. The Morgan fingerprint density at radius 2 is 1.94 bits per heavy atom. The maximum absolute atomic E-state index is 11.9. The zero-order valence-electron chi connectivity index (χ0n) is 17.9. The van der Waals surface area contributed by atoms with Crippen LogP contribution in [-0.2, 0) is 16.8 Å². The maximum atomic E-state index is 11.9. The van der Waals surface area contributed by atoms with Crippen molar-refractivity contribution < 1.29 is 4.79 Å². The van der Waals surface area contributed by atoms with Crippen molar-refractivity contribution in [3.8, 4) is 10.7 Å². The predicted molar refractivity (Wildman–Crippen MR) is 124 cm³/mol. The van der Waals surface area contributed by atoms with Crippen LogP contribution < -0.4 is 16.4 Å². The Kier molecular flexibility index (Phi) is 6.88. The molecule has 0 bridgehead atoms. The van der Waals surface area contributed by atoms with E-state index in [1.54, 1.807) is 26.2 Å². The summed E-state index contributed by atoms with van der Waals surface area (Å²) in [6, 6.07) is 7.37. The van der Waals surface area contributed by atoms with Crippen LogP contribution in [0.1, 0.15) is 38.3 Å². The Morgan fingerprint density at radius 1 is 1.16 bits per heavy atom. The van der Waals surface area contributed by atoms with E-state index in [0.29, 0.717) is 29.6 Å². The minimum absolute atomic E-state index is 0.215. The molecular formula is C21H26ClN7OS. The summed E-state index contributed by atoms with van der Waals surface area (Å²) >= 11 is 7.74. The zero-order valence-corrected chi connectivity index (χ0v) is 19.5. The molecule has 31 heavy (non-hydrogen) atoms. The predicted octanol–water partition coefficient (Wildman–Crippen LogP) is 3.39. The molecule has 8 nitrogen and oxygen atoms in total. The normalized spacial score (nSPS) is 11.9. The fraction of sp³-hybridized carbons (Fsp3) is 0.381. The number of carbonyl (C=O) groups excluding carboxylic acids is 1. The van der Waals surface area contributed by atoms with E-state index in [0.717, 1.165) is 15.6 Å². The molecule has 0 aliphatic heterocycles. The first-order valence-corrected chi connectivity index (χ1v) is 11.0. The number of anilines is 1. The van der Waals surface area contributed by atoms with Crippen molar-refractivity contribution in [2.75, 3.05) is 11.9 Å². The molecule has 1 amide bonds. The molecule has 0 fully saturated rings. The van der Waals surface area contributed by atoms with Gasteiger partial charge in [-0.3, -0.25) is 9.78 Å². The average Bonchev–Trinajstić information content (AvgIpc) is 3.19. The van der Waals surface area contributed by atoms with E-state index in [4.69, 9.17) is 17.3 Å². The number of pyridine rings is 1. The molecular weight excluding hydrogens is 434 g/mol. The molecule has 0 saturated carbocycles. The Balaban J connectivity index is 1.60. The number of halogens is 1. The van der Waals surface area contributed by atoms with E-state index >= 15 is 0 Å². The van der Waals surface area contributed by atoms with Gasteiger partial charge in [0.25, 0.3) is 0 Å². The van der Waals surface area contributed by atoms with E-state index in [9.17, 15) is 4.79 Å².